The fourth-order valence-corrected chi connectivity index (χ4v) is 4.60. The number of piperidine rings is 1. The molecule has 1 aliphatic heterocycles. The third-order valence-electron chi connectivity index (χ3n) is 5.84. The van der Waals surface area contributed by atoms with Crippen LogP contribution in [-0.4, -0.2) is 38.7 Å². The minimum atomic E-state index is -0.848. The largest absolute Gasteiger partial charge is 0.385 e. The highest BCUT2D eigenvalue weighted by atomic mass is 16.3. The van der Waals surface area contributed by atoms with Crippen molar-refractivity contribution in [2.24, 2.45) is 5.92 Å². The number of carbonyl (C=O) groups excluding carboxylic acids is 1. The lowest BCUT2D eigenvalue weighted by Crippen LogP contribution is -2.59. The molecular formula is C20H23N3O2. The van der Waals surface area contributed by atoms with Crippen LogP contribution >= 0.6 is 0 Å². The number of rotatable bonds is 2. The van der Waals surface area contributed by atoms with Gasteiger partial charge in [-0.05, 0) is 30.9 Å². The molecule has 5 nitrogen and oxygen atoms in total. The molecule has 1 aromatic heterocycles. The lowest BCUT2D eigenvalue weighted by Gasteiger charge is -2.52. The zero-order valence-electron chi connectivity index (χ0n) is 14.2. The highest BCUT2D eigenvalue weighted by Crippen LogP contribution is 2.47. The van der Waals surface area contributed by atoms with Gasteiger partial charge in [-0.15, -0.1) is 0 Å². The molecule has 25 heavy (non-hydrogen) atoms. The van der Waals surface area contributed by atoms with Crippen LogP contribution in [0.25, 0.3) is 0 Å². The number of nitrogens with zero attached hydrogens (tertiary/aromatic N) is 3. The molecule has 1 amide bonds. The third-order valence-corrected chi connectivity index (χ3v) is 5.84. The summed E-state index contributed by atoms with van der Waals surface area (Å²) in [5, 5.41) is 19.1. The van der Waals surface area contributed by atoms with Crippen molar-refractivity contribution in [3.05, 3.63) is 59.9 Å². The number of hydrogen-bond acceptors (Lipinski definition) is 4. The van der Waals surface area contributed by atoms with Gasteiger partial charge in [0.1, 0.15) is 0 Å². The molecule has 1 aliphatic carbocycles. The maximum atomic E-state index is 13.0. The smallest absolute Gasteiger partial charge is 0.255 e. The van der Waals surface area contributed by atoms with E-state index in [2.05, 4.69) is 10.2 Å². The van der Waals surface area contributed by atoms with Gasteiger partial charge in [0.25, 0.3) is 5.91 Å². The summed E-state index contributed by atoms with van der Waals surface area (Å²) in [6.45, 7) is 0.563. The van der Waals surface area contributed by atoms with E-state index in [9.17, 15) is 9.90 Å². The van der Waals surface area contributed by atoms with Gasteiger partial charge in [-0.1, -0.05) is 43.2 Å². The zero-order chi connectivity index (χ0) is 17.3. The van der Waals surface area contributed by atoms with Crippen LogP contribution in [-0.2, 0) is 5.60 Å². The molecule has 0 radical (unpaired) electrons. The number of aromatic nitrogens is 2. The summed E-state index contributed by atoms with van der Waals surface area (Å²) in [5.41, 5.74) is 0.702. The number of benzene rings is 1. The molecule has 130 valence electrons. The SMILES string of the molecule is O=C(c1ccnnc1)N1CCC(O)(c2ccccc2)C2CCCCC21. The minimum absolute atomic E-state index is 0.00177. The van der Waals surface area contributed by atoms with E-state index in [0.29, 0.717) is 18.5 Å². The molecule has 0 bridgehead atoms. The van der Waals surface area contributed by atoms with Crippen molar-refractivity contribution >= 4 is 5.91 Å². The molecule has 2 heterocycles. The average Bonchev–Trinajstić information content (AvgIpc) is 2.69. The van der Waals surface area contributed by atoms with Crippen LogP contribution in [0.3, 0.4) is 0 Å². The molecule has 3 atom stereocenters. The number of carbonyl (C=O) groups is 1. The summed E-state index contributed by atoms with van der Waals surface area (Å²) in [6.07, 6.45) is 7.76. The maximum absolute atomic E-state index is 13.0. The summed E-state index contributed by atoms with van der Waals surface area (Å²) in [5.74, 6) is 0.0815. The summed E-state index contributed by atoms with van der Waals surface area (Å²) >= 11 is 0. The molecule has 0 spiro atoms. The van der Waals surface area contributed by atoms with Crippen LogP contribution in [0.4, 0.5) is 0 Å². The molecule has 1 aromatic carbocycles. The Bertz CT molecular complexity index is 737. The monoisotopic (exact) mass is 337 g/mol. The van der Waals surface area contributed by atoms with Crippen LogP contribution in [0.15, 0.2) is 48.8 Å². The maximum Gasteiger partial charge on any atom is 0.255 e. The summed E-state index contributed by atoms with van der Waals surface area (Å²) in [6, 6.07) is 11.7. The Morgan fingerprint density at radius 3 is 2.68 bits per heavy atom. The van der Waals surface area contributed by atoms with Gasteiger partial charge in [0.2, 0.25) is 0 Å². The zero-order valence-corrected chi connectivity index (χ0v) is 14.2. The van der Waals surface area contributed by atoms with E-state index in [1.807, 2.05) is 35.2 Å². The predicted molar refractivity (Wildman–Crippen MR) is 93.8 cm³/mol. The van der Waals surface area contributed by atoms with E-state index in [-0.39, 0.29) is 17.9 Å². The Hall–Kier alpha value is -2.27. The Morgan fingerprint density at radius 1 is 1.12 bits per heavy atom. The molecule has 1 N–H and O–H groups in total. The quantitative estimate of drug-likeness (QED) is 0.915. The Kier molecular flexibility index (Phi) is 4.25. The molecule has 2 fully saturated rings. The van der Waals surface area contributed by atoms with Gasteiger partial charge in [-0.25, -0.2) is 0 Å². The third kappa shape index (κ3) is 2.82. The number of hydrogen-bond donors (Lipinski definition) is 1. The van der Waals surface area contributed by atoms with E-state index in [0.717, 1.165) is 31.2 Å². The highest BCUT2D eigenvalue weighted by Gasteiger charge is 2.50. The van der Waals surface area contributed by atoms with Gasteiger partial charge < -0.3 is 10.0 Å². The summed E-state index contributed by atoms with van der Waals surface area (Å²) < 4.78 is 0. The van der Waals surface area contributed by atoms with Gasteiger partial charge >= 0.3 is 0 Å². The lowest BCUT2D eigenvalue weighted by atomic mass is 9.66. The van der Waals surface area contributed by atoms with Crippen molar-refractivity contribution in [1.82, 2.24) is 15.1 Å². The second-order valence-corrected chi connectivity index (χ2v) is 7.13. The molecule has 1 saturated carbocycles. The summed E-state index contributed by atoms with van der Waals surface area (Å²) in [7, 11) is 0. The second kappa shape index (κ2) is 6.56. The first-order chi connectivity index (χ1) is 12.2. The van der Waals surface area contributed by atoms with E-state index < -0.39 is 5.60 Å². The Labute approximate surface area is 147 Å². The van der Waals surface area contributed by atoms with Gasteiger partial charge in [0.05, 0.1) is 23.6 Å². The van der Waals surface area contributed by atoms with E-state index in [1.54, 1.807) is 12.3 Å². The predicted octanol–water partition coefficient (Wildman–Crippen LogP) is 2.77. The van der Waals surface area contributed by atoms with Crippen LogP contribution in [0.2, 0.25) is 0 Å². The highest BCUT2D eigenvalue weighted by molar-refractivity contribution is 5.94. The van der Waals surface area contributed by atoms with Crippen LogP contribution in [0.5, 0.6) is 0 Å². The molecule has 2 aliphatic rings. The van der Waals surface area contributed by atoms with E-state index >= 15 is 0 Å². The van der Waals surface area contributed by atoms with Crippen molar-refractivity contribution < 1.29 is 9.90 Å². The first-order valence-electron chi connectivity index (χ1n) is 9.06. The van der Waals surface area contributed by atoms with Crippen molar-refractivity contribution in [2.75, 3.05) is 6.54 Å². The molecule has 5 heteroatoms. The lowest BCUT2D eigenvalue weighted by molar-refractivity contribution is -0.110. The van der Waals surface area contributed by atoms with Crippen molar-refractivity contribution in [3.63, 3.8) is 0 Å². The Balaban J connectivity index is 1.66. The van der Waals surface area contributed by atoms with Crippen molar-refractivity contribution in [1.29, 1.82) is 0 Å². The molecule has 3 unspecified atom stereocenters. The molecule has 1 saturated heterocycles. The van der Waals surface area contributed by atoms with Crippen LogP contribution in [0.1, 0.15) is 48.0 Å². The normalized spacial score (nSPS) is 29.1. The number of fused-ring (bicyclic) bond motifs is 1. The number of aliphatic hydroxyl groups is 1. The summed E-state index contributed by atoms with van der Waals surface area (Å²) in [4.78, 5) is 14.9. The fourth-order valence-electron chi connectivity index (χ4n) is 4.60. The van der Waals surface area contributed by atoms with E-state index in [4.69, 9.17) is 0 Å². The van der Waals surface area contributed by atoms with Crippen molar-refractivity contribution in [3.8, 4) is 0 Å². The van der Waals surface area contributed by atoms with Crippen LogP contribution in [0, 0.1) is 5.92 Å². The van der Waals surface area contributed by atoms with Gasteiger partial charge in [-0.3, -0.25) is 4.79 Å². The number of likely N-dealkylation sites (tertiary alicyclic amines) is 1. The van der Waals surface area contributed by atoms with Crippen LogP contribution < -0.4 is 0 Å². The number of amides is 1. The molecule has 4 rings (SSSR count). The standard InChI is InChI=1S/C20H23N3O2/c24-19(15-10-12-21-22-14-15)23-13-11-20(25,16-6-2-1-3-7-16)17-8-4-5-9-18(17)23/h1-3,6-7,10,12,14,17-18,25H,4-5,8-9,11,13H2. The first-order valence-corrected chi connectivity index (χ1v) is 9.06. The fraction of sp³-hybridized carbons (Fsp3) is 0.450. The minimum Gasteiger partial charge on any atom is -0.385 e. The Morgan fingerprint density at radius 2 is 1.92 bits per heavy atom. The second-order valence-electron chi connectivity index (χ2n) is 7.13. The first kappa shape index (κ1) is 16.2. The van der Waals surface area contributed by atoms with Gasteiger partial charge in [0, 0.05) is 18.5 Å². The van der Waals surface area contributed by atoms with E-state index in [1.165, 1.54) is 6.20 Å². The topological polar surface area (TPSA) is 66.3 Å². The average molecular weight is 337 g/mol. The van der Waals surface area contributed by atoms with Crippen molar-refractivity contribution in [2.45, 2.75) is 43.7 Å². The van der Waals surface area contributed by atoms with Gasteiger partial charge in [-0.2, -0.15) is 10.2 Å². The van der Waals surface area contributed by atoms with Gasteiger partial charge in [0.15, 0.2) is 0 Å². The molecular weight excluding hydrogens is 314 g/mol. The molecule has 2 aromatic rings.